The second-order valence-corrected chi connectivity index (χ2v) is 11.7. The first kappa shape index (κ1) is 30.3. The van der Waals surface area contributed by atoms with E-state index < -0.39 is 48.2 Å². The summed E-state index contributed by atoms with van der Waals surface area (Å²) in [5.74, 6) is -3.47. The van der Waals surface area contributed by atoms with Gasteiger partial charge in [-0.25, -0.2) is 18.6 Å². The van der Waals surface area contributed by atoms with E-state index >= 15 is 0 Å². The number of halogens is 5. The maximum atomic E-state index is 14.1. The Balaban J connectivity index is 1.34. The zero-order valence-electron chi connectivity index (χ0n) is 24.0. The van der Waals surface area contributed by atoms with Crippen LogP contribution in [0.25, 0.3) is 11.1 Å². The van der Waals surface area contributed by atoms with Gasteiger partial charge in [0.2, 0.25) is 11.8 Å². The van der Waals surface area contributed by atoms with Gasteiger partial charge in [-0.15, -0.1) is 0 Å². The molecule has 1 aromatic carbocycles. The van der Waals surface area contributed by atoms with Crippen molar-refractivity contribution in [1.82, 2.24) is 30.3 Å². The highest BCUT2D eigenvalue weighted by Crippen LogP contribution is 2.44. The van der Waals surface area contributed by atoms with Crippen LogP contribution in [-0.4, -0.2) is 69.5 Å². The molecule has 3 amide bonds. The van der Waals surface area contributed by atoms with Gasteiger partial charge < -0.3 is 24.7 Å². The van der Waals surface area contributed by atoms with Gasteiger partial charge in [0.25, 0.3) is 5.91 Å². The molecule has 0 unspecified atom stereocenters. The normalized spacial score (nSPS) is 23.1. The van der Waals surface area contributed by atoms with Crippen molar-refractivity contribution in [2.75, 3.05) is 19.8 Å². The van der Waals surface area contributed by atoms with Gasteiger partial charge >= 0.3 is 12.2 Å². The lowest BCUT2D eigenvalue weighted by atomic mass is 9.81. The SMILES string of the molecule is CCn1nccc1C(=O)N[C@H](c1nc2cc(C3(N4C[C@@H](C(F)(F)F)NC4=O)CCOCC3)ccc2o1)C1CCC(F)(F)CC1. The number of oxazole rings is 1. The molecule has 0 spiro atoms. The van der Waals surface area contributed by atoms with Gasteiger partial charge in [0.1, 0.15) is 23.3 Å². The van der Waals surface area contributed by atoms with E-state index in [2.05, 4.69) is 20.7 Å². The Morgan fingerprint density at radius 1 is 1.16 bits per heavy atom. The minimum absolute atomic E-state index is 0.139. The number of hydrogen-bond acceptors (Lipinski definition) is 6. The predicted octanol–water partition coefficient (Wildman–Crippen LogP) is 5.30. The first-order valence-electron chi connectivity index (χ1n) is 14.7. The molecule has 6 rings (SSSR count). The summed E-state index contributed by atoms with van der Waals surface area (Å²) < 4.78 is 81.9. The van der Waals surface area contributed by atoms with Gasteiger partial charge in [-0.3, -0.25) is 9.48 Å². The maximum absolute atomic E-state index is 14.1. The lowest BCUT2D eigenvalue weighted by Gasteiger charge is -2.44. The van der Waals surface area contributed by atoms with Gasteiger partial charge in [0, 0.05) is 38.8 Å². The summed E-state index contributed by atoms with van der Waals surface area (Å²) >= 11 is 0. The van der Waals surface area contributed by atoms with Gasteiger partial charge in [-0.1, -0.05) is 6.07 Å². The number of benzene rings is 1. The monoisotopic (exact) mass is 624 g/mol. The number of urea groups is 1. The van der Waals surface area contributed by atoms with Crippen molar-refractivity contribution in [3.8, 4) is 0 Å². The Labute approximate surface area is 249 Å². The largest absolute Gasteiger partial charge is 0.438 e. The summed E-state index contributed by atoms with van der Waals surface area (Å²) in [6.45, 7) is 2.24. The first-order chi connectivity index (χ1) is 20.9. The number of aryl methyl sites for hydroxylation is 1. The van der Waals surface area contributed by atoms with Crippen molar-refractivity contribution < 1.29 is 40.7 Å². The zero-order valence-corrected chi connectivity index (χ0v) is 24.0. The molecule has 2 aliphatic heterocycles. The number of carbonyl (C=O) groups excluding carboxylic acids is 2. The number of alkyl halides is 5. The summed E-state index contributed by atoms with van der Waals surface area (Å²) in [5.41, 5.74) is 0.533. The van der Waals surface area contributed by atoms with E-state index in [0.29, 0.717) is 28.9 Å². The number of hydrogen-bond donors (Lipinski definition) is 2. The maximum Gasteiger partial charge on any atom is 0.410 e. The number of amides is 3. The molecule has 15 heteroatoms. The Hall–Kier alpha value is -3.75. The molecule has 10 nitrogen and oxygen atoms in total. The highest BCUT2D eigenvalue weighted by Gasteiger charge is 2.53. The lowest BCUT2D eigenvalue weighted by molar-refractivity contribution is -0.151. The quantitative estimate of drug-likeness (QED) is 0.345. The molecule has 4 heterocycles. The van der Waals surface area contributed by atoms with Crippen LogP contribution >= 0.6 is 0 Å². The van der Waals surface area contributed by atoms with E-state index in [-0.39, 0.29) is 63.5 Å². The Morgan fingerprint density at radius 2 is 1.89 bits per heavy atom. The predicted molar refractivity (Wildman–Crippen MR) is 146 cm³/mol. The van der Waals surface area contributed by atoms with Crippen LogP contribution in [0.1, 0.15) is 73.4 Å². The van der Waals surface area contributed by atoms with E-state index in [4.69, 9.17) is 9.15 Å². The molecular weight excluding hydrogens is 591 g/mol. The fraction of sp³-hybridized carbons (Fsp3) is 0.586. The molecule has 2 N–H and O–H groups in total. The zero-order chi connectivity index (χ0) is 31.3. The van der Waals surface area contributed by atoms with Crippen LogP contribution < -0.4 is 10.6 Å². The molecule has 0 bridgehead atoms. The molecule has 3 aromatic rings. The Morgan fingerprint density at radius 3 is 2.55 bits per heavy atom. The van der Waals surface area contributed by atoms with Crippen molar-refractivity contribution in [3.63, 3.8) is 0 Å². The van der Waals surface area contributed by atoms with Crippen LogP contribution in [0.4, 0.5) is 26.7 Å². The second-order valence-electron chi connectivity index (χ2n) is 11.7. The third-order valence-corrected chi connectivity index (χ3v) is 9.12. The first-order valence-corrected chi connectivity index (χ1v) is 14.7. The van der Waals surface area contributed by atoms with Crippen molar-refractivity contribution in [1.29, 1.82) is 0 Å². The summed E-state index contributed by atoms with van der Waals surface area (Å²) in [6.07, 6.45) is -2.92. The van der Waals surface area contributed by atoms with Gasteiger partial charge in [0.15, 0.2) is 5.58 Å². The molecule has 1 aliphatic carbocycles. The molecule has 3 aliphatic rings. The number of fused-ring (bicyclic) bond motifs is 1. The minimum Gasteiger partial charge on any atom is -0.438 e. The number of ether oxygens (including phenoxy) is 1. The highest BCUT2D eigenvalue weighted by molar-refractivity contribution is 5.92. The second kappa shape index (κ2) is 11.3. The third kappa shape index (κ3) is 5.61. The van der Waals surface area contributed by atoms with E-state index in [1.54, 1.807) is 24.3 Å². The molecule has 2 aromatic heterocycles. The highest BCUT2D eigenvalue weighted by atomic mass is 19.4. The minimum atomic E-state index is -4.60. The van der Waals surface area contributed by atoms with Crippen LogP contribution in [-0.2, 0) is 16.8 Å². The molecule has 44 heavy (non-hydrogen) atoms. The van der Waals surface area contributed by atoms with Crippen LogP contribution in [0.15, 0.2) is 34.9 Å². The lowest BCUT2D eigenvalue weighted by Crippen LogP contribution is -2.51. The molecule has 3 fully saturated rings. The fourth-order valence-electron chi connectivity index (χ4n) is 6.65. The molecule has 1 saturated carbocycles. The smallest absolute Gasteiger partial charge is 0.410 e. The average molecular weight is 625 g/mol. The average Bonchev–Trinajstić information content (AvgIpc) is 3.74. The molecule has 2 atom stereocenters. The van der Waals surface area contributed by atoms with Crippen molar-refractivity contribution in [2.45, 2.75) is 81.7 Å². The summed E-state index contributed by atoms with van der Waals surface area (Å²) in [6, 6.07) is 2.96. The van der Waals surface area contributed by atoms with Crippen LogP contribution in [0.2, 0.25) is 0 Å². The Kier molecular flexibility index (Phi) is 7.79. The topological polar surface area (TPSA) is 115 Å². The fourth-order valence-corrected chi connectivity index (χ4v) is 6.65. The van der Waals surface area contributed by atoms with Crippen molar-refractivity contribution in [3.05, 3.63) is 47.6 Å². The van der Waals surface area contributed by atoms with Crippen molar-refractivity contribution >= 4 is 23.0 Å². The third-order valence-electron chi connectivity index (χ3n) is 9.12. The Bertz CT molecular complexity index is 1520. The van der Waals surface area contributed by atoms with Gasteiger partial charge in [0.05, 0.1) is 12.1 Å². The number of nitrogens with one attached hydrogen (secondary N) is 2. The number of nitrogens with zero attached hydrogens (tertiary/aromatic N) is 4. The van der Waals surface area contributed by atoms with Crippen LogP contribution in [0.3, 0.4) is 0 Å². The molecule has 2 saturated heterocycles. The number of rotatable bonds is 7. The standard InChI is InChI=1S/C29H33F5N6O4/c1-2-40-20(7-12-35-40)24(41)38-23(17-5-8-28(30,31)9-6-17)25-36-19-15-18(3-4-21(19)44-25)27(10-13-43-14-11-27)39-16-22(29(32,33)34)37-26(39)42/h3-4,7,12,15,17,22-23H,2,5-6,8-11,13-14,16H2,1H3,(H,37,42)(H,38,41)/t22-,23-/m0/s1. The number of carbonyl (C=O) groups is 2. The van der Waals surface area contributed by atoms with E-state index in [1.807, 2.05) is 6.92 Å². The molecule has 238 valence electrons. The summed E-state index contributed by atoms with van der Waals surface area (Å²) in [4.78, 5) is 32.1. The van der Waals surface area contributed by atoms with E-state index in [1.165, 1.54) is 15.8 Å². The van der Waals surface area contributed by atoms with Crippen LogP contribution in [0.5, 0.6) is 0 Å². The van der Waals surface area contributed by atoms with Gasteiger partial charge in [-0.05, 0) is 62.3 Å². The van der Waals surface area contributed by atoms with E-state index in [9.17, 15) is 31.5 Å². The van der Waals surface area contributed by atoms with E-state index in [0.717, 1.165) is 0 Å². The molecular formula is C29H33F5N6O4. The van der Waals surface area contributed by atoms with Crippen LogP contribution in [0, 0.1) is 5.92 Å². The van der Waals surface area contributed by atoms with Crippen molar-refractivity contribution in [2.24, 2.45) is 5.92 Å². The summed E-state index contributed by atoms with van der Waals surface area (Å²) in [7, 11) is 0. The molecule has 0 radical (unpaired) electrons. The van der Waals surface area contributed by atoms with Gasteiger partial charge in [-0.2, -0.15) is 18.3 Å². The number of aromatic nitrogens is 3. The summed E-state index contributed by atoms with van der Waals surface area (Å²) in [5, 5.41) is 9.13.